The van der Waals surface area contributed by atoms with Gasteiger partial charge in [0.15, 0.2) is 5.76 Å². The number of amides is 4. The minimum Gasteiger partial charge on any atom is -0.459 e. The molecule has 3 rings (SSSR count). The van der Waals surface area contributed by atoms with Crippen LogP contribution in [0.3, 0.4) is 0 Å². The SMILES string of the molecule is O=C(NCC(=O)N1CCCN1C(=O)NCc1ccc(F)cc1)c1ccco1. The number of carbonyl (C=O) groups is 3. The predicted octanol–water partition coefficient (Wildman–Crippen LogP) is 1.51. The van der Waals surface area contributed by atoms with Crippen molar-refractivity contribution in [2.75, 3.05) is 19.6 Å². The lowest BCUT2D eigenvalue weighted by Crippen LogP contribution is -2.51. The molecule has 2 aromatic rings. The summed E-state index contributed by atoms with van der Waals surface area (Å²) in [6, 6.07) is 8.42. The van der Waals surface area contributed by atoms with Gasteiger partial charge in [-0.15, -0.1) is 0 Å². The number of hydrazine groups is 1. The second-order valence-electron chi connectivity index (χ2n) is 5.94. The van der Waals surface area contributed by atoms with Crippen LogP contribution < -0.4 is 10.6 Å². The summed E-state index contributed by atoms with van der Waals surface area (Å²) in [5.41, 5.74) is 0.743. The average Bonchev–Trinajstić information content (AvgIpc) is 3.37. The van der Waals surface area contributed by atoms with Gasteiger partial charge in [0.05, 0.1) is 12.8 Å². The van der Waals surface area contributed by atoms with Crippen molar-refractivity contribution in [3.8, 4) is 0 Å². The highest BCUT2D eigenvalue weighted by Gasteiger charge is 2.30. The van der Waals surface area contributed by atoms with Gasteiger partial charge in [0.2, 0.25) is 0 Å². The van der Waals surface area contributed by atoms with E-state index in [9.17, 15) is 18.8 Å². The lowest BCUT2D eigenvalue weighted by atomic mass is 10.2. The Balaban J connectivity index is 1.51. The van der Waals surface area contributed by atoms with Crippen LogP contribution in [0.25, 0.3) is 0 Å². The van der Waals surface area contributed by atoms with Crippen LogP contribution in [0.15, 0.2) is 47.1 Å². The molecule has 1 aromatic carbocycles. The minimum atomic E-state index is -0.500. The number of furan rings is 1. The Hall–Kier alpha value is -3.36. The molecule has 0 aliphatic carbocycles. The molecule has 27 heavy (non-hydrogen) atoms. The highest BCUT2D eigenvalue weighted by Crippen LogP contribution is 2.11. The maximum atomic E-state index is 12.9. The summed E-state index contributed by atoms with van der Waals surface area (Å²) in [6.07, 6.45) is 2.01. The maximum absolute atomic E-state index is 12.9. The van der Waals surface area contributed by atoms with E-state index in [2.05, 4.69) is 10.6 Å². The largest absolute Gasteiger partial charge is 0.459 e. The summed E-state index contributed by atoms with van der Waals surface area (Å²) in [5, 5.41) is 7.79. The molecule has 1 fully saturated rings. The van der Waals surface area contributed by atoms with Crippen molar-refractivity contribution < 1.29 is 23.2 Å². The molecule has 1 aliphatic rings. The number of urea groups is 1. The van der Waals surface area contributed by atoms with Gasteiger partial charge >= 0.3 is 6.03 Å². The topological polar surface area (TPSA) is 94.9 Å². The molecule has 0 atom stereocenters. The van der Waals surface area contributed by atoms with Gasteiger partial charge in [-0.05, 0) is 36.2 Å². The molecular weight excluding hydrogens is 355 g/mol. The van der Waals surface area contributed by atoms with Crippen LogP contribution in [-0.2, 0) is 11.3 Å². The highest BCUT2D eigenvalue weighted by molar-refractivity contribution is 5.94. The Morgan fingerprint density at radius 3 is 2.48 bits per heavy atom. The normalized spacial score (nSPS) is 13.5. The molecule has 4 amide bonds. The minimum absolute atomic E-state index is 0.109. The van der Waals surface area contributed by atoms with E-state index in [0.717, 1.165) is 5.56 Å². The molecule has 0 unspecified atom stereocenters. The molecule has 1 aromatic heterocycles. The standard InChI is InChI=1S/C18H19FN4O4/c19-14-6-4-13(5-7-14)11-21-18(26)23-9-2-8-22(23)16(24)12-20-17(25)15-3-1-10-27-15/h1,3-7,10H,2,8-9,11-12H2,(H,20,25)(H,21,26). The molecule has 2 heterocycles. The van der Waals surface area contributed by atoms with E-state index < -0.39 is 17.8 Å². The van der Waals surface area contributed by atoms with Crippen LogP contribution in [0.2, 0.25) is 0 Å². The van der Waals surface area contributed by atoms with Gasteiger partial charge in [0, 0.05) is 19.6 Å². The van der Waals surface area contributed by atoms with E-state index in [4.69, 9.17) is 4.42 Å². The number of halogens is 1. The van der Waals surface area contributed by atoms with Gasteiger partial charge < -0.3 is 15.1 Å². The first-order chi connectivity index (χ1) is 13.0. The summed E-state index contributed by atoms with van der Waals surface area (Å²) in [6.45, 7) is 0.751. The van der Waals surface area contributed by atoms with Crippen molar-refractivity contribution in [2.45, 2.75) is 13.0 Å². The molecule has 0 spiro atoms. The molecule has 1 aliphatic heterocycles. The van der Waals surface area contributed by atoms with E-state index in [-0.39, 0.29) is 24.7 Å². The number of nitrogens with zero attached hydrogens (tertiary/aromatic N) is 2. The molecule has 1 saturated heterocycles. The molecule has 0 saturated carbocycles. The maximum Gasteiger partial charge on any atom is 0.336 e. The zero-order valence-electron chi connectivity index (χ0n) is 14.5. The third kappa shape index (κ3) is 4.63. The van der Waals surface area contributed by atoms with Gasteiger partial charge in [0.25, 0.3) is 11.8 Å². The van der Waals surface area contributed by atoms with Gasteiger partial charge in [-0.2, -0.15) is 0 Å². The van der Waals surface area contributed by atoms with E-state index in [1.54, 1.807) is 18.2 Å². The number of benzene rings is 1. The van der Waals surface area contributed by atoms with Crippen molar-refractivity contribution in [2.24, 2.45) is 0 Å². The Morgan fingerprint density at radius 2 is 1.78 bits per heavy atom. The monoisotopic (exact) mass is 374 g/mol. The molecule has 0 radical (unpaired) electrons. The molecule has 9 heteroatoms. The molecule has 142 valence electrons. The molecule has 2 N–H and O–H groups in total. The van der Waals surface area contributed by atoms with Crippen LogP contribution in [0.4, 0.5) is 9.18 Å². The third-order valence-electron chi connectivity index (χ3n) is 4.06. The summed E-state index contributed by atoms with van der Waals surface area (Å²) >= 11 is 0. The van der Waals surface area contributed by atoms with Crippen LogP contribution in [-0.4, -0.2) is 47.5 Å². The summed E-state index contributed by atoms with van der Waals surface area (Å²) in [7, 11) is 0. The molecule has 8 nitrogen and oxygen atoms in total. The molecule has 0 bridgehead atoms. The summed E-state index contributed by atoms with van der Waals surface area (Å²) < 4.78 is 17.9. The zero-order valence-corrected chi connectivity index (χ0v) is 14.5. The second kappa shape index (κ2) is 8.35. The smallest absolute Gasteiger partial charge is 0.336 e. The van der Waals surface area contributed by atoms with Gasteiger partial charge in [0.1, 0.15) is 5.82 Å². The van der Waals surface area contributed by atoms with Crippen molar-refractivity contribution >= 4 is 17.8 Å². The van der Waals surface area contributed by atoms with E-state index in [1.807, 2.05) is 0 Å². The summed E-state index contributed by atoms with van der Waals surface area (Å²) in [4.78, 5) is 36.6. The van der Waals surface area contributed by atoms with Crippen molar-refractivity contribution in [3.63, 3.8) is 0 Å². The number of hydrogen-bond donors (Lipinski definition) is 2. The number of rotatable bonds is 5. The van der Waals surface area contributed by atoms with Crippen LogP contribution in [0, 0.1) is 5.82 Å². The van der Waals surface area contributed by atoms with Crippen LogP contribution in [0.5, 0.6) is 0 Å². The zero-order chi connectivity index (χ0) is 19.2. The van der Waals surface area contributed by atoms with Gasteiger partial charge in [-0.25, -0.2) is 19.2 Å². The van der Waals surface area contributed by atoms with Gasteiger partial charge in [-0.1, -0.05) is 12.1 Å². The Kier molecular flexibility index (Phi) is 5.70. The first kappa shape index (κ1) is 18.4. The summed E-state index contributed by atoms with van der Waals surface area (Å²) in [5.74, 6) is -1.14. The average molecular weight is 374 g/mol. The lowest BCUT2D eigenvalue weighted by molar-refractivity contribution is -0.138. The first-order valence-electron chi connectivity index (χ1n) is 8.46. The second-order valence-corrected chi connectivity index (χ2v) is 5.94. The number of hydrogen-bond acceptors (Lipinski definition) is 4. The first-order valence-corrected chi connectivity index (χ1v) is 8.46. The number of carbonyl (C=O) groups excluding carboxylic acids is 3. The highest BCUT2D eigenvalue weighted by atomic mass is 19.1. The predicted molar refractivity (Wildman–Crippen MR) is 92.7 cm³/mol. The van der Waals surface area contributed by atoms with Crippen LogP contribution >= 0.6 is 0 Å². The van der Waals surface area contributed by atoms with E-state index in [1.165, 1.54) is 34.5 Å². The fourth-order valence-electron chi connectivity index (χ4n) is 2.70. The van der Waals surface area contributed by atoms with Crippen molar-refractivity contribution in [1.82, 2.24) is 20.7 Å². The van der Waals surface area contributed by atoms with E-state index >= 15 is 0 Å². The van der Waals surface area contributed by atoms with Crippen LogP contribution in [0.1, 0.15) is 22.5 Å². The fraction of sp³-hybridized carbons (Fsp3) is 0.278. The van der Waals surface area contributed by atoms with Crippen molar-refractivity contribution in [3.05, 3.63) is 59.8 Å². The van der Waals surface area contributed by atoms with E-state index in [0.29, 0.717) is 19.5 Å². The quantitative estimate of drug-likeness (QED) is 0.829. The third-order valence-corrected chi connectivity index (χ3v) is 4.06. The number of nitrogens with one attached hydrogen (secondary N) is 2. The van der Waals surface area contributed by atoms with Gasteiger partial charge in [-0.3, -0.25) is 9.59 Å². The Labute approximate surface area is 154 Å². The fourth-order valence-corrected chi connectivity index (χ4v) is 2.70. The molecular formula is C18H19FN4O4. The Bertz CT molecular complexity index is 807. The Morgan fingerprint density at radius 1 is 1.04 bits per heavy atom. The lowest BCUT2D eigenvalue weighted by Gasteiger charge is -2.28. The van der Waals surface area contributed by atoms with Crippen molar-refractivity contribution in [1.29, 1.82) is 0 Å².